The zero-order valence-corrected chi connectivity index (χ0v) is 15.5. The molecule has 6 nitrogen and oxygen atoms in total. The first-order chi connectivity index (χ1) is 12.3. The highest BCUT2D eigenvalue weighted by atomic mass is 35.5. The molecule has 0 spiro atoms. The minimum Gasteiger partial charge on any atom is -0.476 e. The van der Waals surface area contributed by atoms with Gasteiger partial charge in [-0.2, -0.15) is 0 Å². The van der Waals surface area contributed by atoms with E-state index in [0.29, 0.717) is 25.5 Å². The quantitative estimate of drug-likeness (QED) is 0.892. The van der Waals surface area contributed by atoms with E-state index in [9.17, 15) is 9.59 Å². The number of carbonyl (C=O) groups is 2. The fourth-order valence-electron chi connectivity index (χ4n) is 3.21. The number of benzene rings is 1. The lowest BCUT2D eigenvalue weighted by atomic mass is 10.1. The fourth-order valence-corrected chi connectivity index (χ4v) is 3.40. The Labute approximate surface area is 157 Å². The van der Waals surface area contributed by atoms with Gasteiger partial charge in [0.15, 0.2) is 5.69 Å². The highest BCUT2D eigenvalue weighted by Gasteiger charge is 2.26. The minimum absolute atomic E-state index is 0.0102. The van der Waals surface area contributed by atoms with Gasteiger partial charge in [-0.15, -0.1) is 0 Å². The van der Waals surface area contributed by atoms with Gasteiger partial charge < -0.3 is 14.9 Å². The minimum atomic E-state index is -1.18. The highest BCUT2D eigenvalue weighted by Crippen LogP contribution is 2.21. The molecule has 1 aliphatic rings. The molecule has 1 aliphatic heterocycles. The van der Waals surface area contributed by atoms with E-state index in [1.165, 1.54) is 17.2 Å². The Kier molecular flexibility index (Phi) is 5.13. The summed E-state index contributed by atoms with van der Waals surface area (Å²) in [5.74, 6) is -0.744. The van der Waals surface area contributed by atoms with Crippen molar-refractivity contribution in [1.82, 2.24) is 9.88 Å². The number of aryl methyl sites for hydroxylation is 2. The molecule has 0 bridgehead atoms. The standard InChI is InChI=1S/C19H20ClN3O3/c1-12-7-13(2)9-14(8-12)10-23-6-5-22(11-17(23)24)16-4-3-15(20)18(21-16)19(25)26/h3-4,7-9H,5-6,10-11H2,1-2H3,(H,25,26). The Morgan fingerprint density at radius 3 is 2.50 bits per heavy atom. The predicted molar refractivity (Wildman–Crippen MR) is 99.8 cm³/mol. The molecule has 2 aromatic rings. The smallest absolute Gasteiger partial charge is 0.356 e. The van der Waals surface area contributed by atoms with Crippen LogP contribution in [0.2, 0.25) is 5.02 Å². The zero-order chi connectivity index (χ0) is 18.8. The van der Waals surface area contributed by atoms with Gasteiger partial charge in [-0.3, -0.25) is 4.79 Å². The second kappa shape index (κ2) is 7.33. The molecule has 7 heteroatoms. The number of carboxylic acid groups (broad SMARTS) is 1. The average molecular weight is 374 g/mol. The monoisotopic (exact) mass is 373 g/mol. The molecule has 1 N–H and O–H groups in total. The van der Waals surface area contributed by atoms with Crippen LogP contribution in [0.3, 0.4) is 0 Å². The predicted octanol–water partition coefficient (Wildman–Crippen LogP) is 2.90. The van der Waals surface area contributed by atoms with Crippen molar-refractivity contribution in [2.45, 2.75) is 20.4 Å². The number of nitrogens with zero attached hydrogens (tertiary/aromatic N) is 3. The largest absolute Gasteiger partial charge is 0.476 e. The highest BCUT2D eigenvalue weighted by molar-refractivity contribution is 6.33. The van der Waals surface area contributed by atoms with Crippen molar-refractivity contribution < 1.29 is 14.7 Å². The SMILES string of the molecule is Cc1cc(C)cc(CN2CCN(c3ccc(Cl)c(C(=O)O)n3)CC2=O)c1. The van der Waals surface area contributed by atoms with Gasteiger partial charge in [-0.25, -0.2) is 9.78 Å². The lowest BCUT2D eigenvalue weighted by molar-refractivity contribution is -0.131. The third-order valence-corrected chi connectivity index (χ3v) is 4.64. The number of halogens is 1. The summed E-state index contributed by atoms with van der Waals surface area (Å²) in [5, 5.41) is 9.24. The van der Waals surface area contributed by atoms with Gasteiger partial charge in [0.05, 0.1) is 11.6 Å². The number of aromatic carboxylic acids is 1. The second-order valence-corrected chi connectivity index (χ2v) is 6.95. The van der Waals surface area contributed by atoms with Gasteiger partial charge in [0.2, 0.25) is 5.91 Å². The second-order valence-electron chi connectivity index (χ2n) is 6.54. The maximum Gasteiger partial charge on any atom is 0.356 e. The summed E-state index contributed by atoms with van der Waals surface area (Å²) in [6, 6.07) is 9.43. The Bertz CT molecular complexity index is 849. The summed E-state index contributed by atoms with van der Waals surface area (Å²) in [5.41, 5.74) is 3.27. The van der Waals surface area contributed by atoms with Crippen LogP contribution < -0.4 is 4.90 Å². The first kappa shape index (κ1) is 18.2. The lowest BCUT2D eigenvalue weighted by Gasteiger charge is -2.35. The topological polar surface area (TPSA) is 73.7 Å². The molecule has 2 heterocycles. The molecular formula is C19H20ClN3O3. The molecule has 1 fully saturated rings. The molecule has 1 aromatic heterocycles. The Hall–Kier alpha value is -2.60. The van der Waals surface area contributed by atoms with Crippen molar-refractivity contribution in [3.8, 4) is 0 Å². The molecule has 0 atom stereocenters. The van der Waals surface area contributed by atoms with E-state index in [2.05, 4.69) is 23.2 Å². The third kappa shape index (κ3) is 3.96. The van der Waals surface area contributed by atoms with E-state index in [4.69, 9.17) is 16.7 Å². The van der Waals surface area contributed by atoms with Crippen LogP contribution in [-0.2, 0) is 11.3 Å². The number of aromatic nitrogens is 1. The summed E-state index contributed by atoms with van der Waals surface area (Å²) in [6.45, 7) is 5.97. The molecule has 26 heavy (non-hydrogen) atoms. The number of pyridine rings is 1. The van der Waals surface area contributed by atoms with Crippen LogP contribution in [0.25, 0.3) is 0 Å². The number of carbonyl (C=O) groups excluding carboxylic acids is 1. The van der Waals surface area contributed by atoms with Crippen LogP contribution in [-0.4, -0.2) is 46.5 Å². The van der Waals surface area contributed by atoms with E-state index in [-0.39, 0.29) is 23.2 Å². The van der Waals surface area contributed by atoms with Crippen molar-refractivity contribution in [3.63, 3.8) is 0 Å². The van der Waals surface area contributed by atoms with Crippen molar-refractivity contribution in [3.05, 3.63) is 57.7 Å². The van der Waals surface area contributed by atoms with Gasteiger partial charge in [0.25, 0.3) is 0 Å². The number of hydrogen-bond donors (Lipinski definition) is 1. The van der Waals surface area contributed by atoms with Crippen molar-refractivity contribution in [2.24, 2.45) is 0 Å². The number of amides is 1. The first-order valence-electron chi connectivity index (χ1n) is 8.33. The van der Waals surface area contributed by atoms with Gasteiger partial charge in [-0.1, -0.05) is 40.9 Å². The van der Waals surface area contributed by atoms with Crippen LogP contribution >= 0.6 is 11.6 Å². The van der Waals surface area contributed by atoms with E-state index in [1.807, 2.05) is 18.7 Å². The zero-order valence-electron chi connectivity index (χ0n) is 14.7. The van der Waals surface area contributed by atoms with Gasteiger partial charge in [-0.05, 0) is 31.5 Å². The fraction of sp³-hybridized carbons (Fsp3) is 0.316. The maximum atomic E-state index is 12.6. The molecule has 136 valence electrons. The summed E-state index contributed by atoms with van der Waals surface area (Å²) in [7, 11) is 0. The van der Waals surface area contributed by atoms with Crippen LogP contribution in [0.5, 0.6) is 0 Å². The summed E-state index contributed by atoms with van der Waals surface area (Å²) in [4.78, 5) is 31.4. The van der Waals surface area contributed by atoms with Crippen LogP contribution in [0, 0.1) is 13.8 Å². The number of hydrogen-bond acceptors (Lipinski definition) is 4. The molecule has 0 saturated carbocycles. The Morgan fingerprint density at radius 2 is 1.88 bits per heavy atom. The lowest BCUT2D eigenvalue weighted by Crippen LogP contribution is -2.50. The molecule has 1 saturated heterocycles. The number of piperazine rings is 1. The summed E-state index contributed by atoms with van der Waals surface area (Å²) < 4.78 is 0. The molecule has 3 rings (SSSR count). The molecule has 0 radical (unpaired) electrons. The van der Waals surface area contributed by atoms with E-state index >= 15 is 0 Å². The molecule has 0 unspecified atom stereocenters. The Morgan fingerprint density at radius 1 is 1.19 bits per heavy atom. The van der Waals surface area contributed by atoms with Crippen molar-refractivity contribution in [1.29, 1.82) is 0 Å². The molecule has 1 amide bonds. The molecule has 1 aromatic carbocycles. The number of anilines is 1. The van der Waals surface area contributed by atoms with Crippen molar-refractivity contribution >= 4 is 29.3 Å². The summed E-state index contributed by atoms with van der Waals surface area (Å²) >= 11 is 5.86. The van der Waals surface area contributed by atoms with Crippen molar-refractivity contribution in [2.75, 3.05) is 24.5 Å². The van der Waals surface area contributed by atoms with Gasteiger partial charge in [0, 0.05) is 19.6 Å². The maximum absolute atomic E-state index is 12.6. The van der Waals surface area contributed by atoms with Crippen LogP contribution in [0.1, 0.15) is 27.2 Å². The average Bonchev–Trinajstić information content (AvgIpc) is 2.56. The normalized spacial score (nSPS) is 14.7. The summed E-state index contributed by atoms with van der Waals surface area (Å²) in [6.07, 6.45) is 0. The number of rotatable bonds is 4. The molecular weight excluding hydrogens is 354 g/mol. The van der Waals surface area contributed by atoms with Gasteiger partial charge in [0.1, 0.15) is 5.82 Å². The van der Waals surface area contributed by atoms with Gasteiger partial charge >= 0.3 is 5.97 Å². The molecule has 0 aliphatic carbocycles. The van der Waals surface area contributed by atoms with E-state index < -0.39 is 5.97 Å². The third-order valence-electron chi connectivity index (χ3n) is 4.33. The van der Waals surface area contributed by atoms with Crippen LogP contribution in [0.15, 0.2) is 30.3 Å². The Balaban J connectivity index is 1.71. The van der Waals surface area contributed by atoms with Crippen LogP contribution in [0.4, 0.5) is 5.82 Å². The van der Waals surface area contributed by atoms with E-state index in [1.54, 1.807) is 11.0 Å². The van der Waals surface area contributed by atoms with E-state index in [0.717, 1.165) is 5.56 Å². The first-order valence-corrected chi connectivity index (χ1v) is 8.71. The number of carboxylic acids is 1.